The quantitative estimate of drug-likeness (QED) is 0.508. The summed E-state index contributed by atoms with van der Waals surface area (Å²) in [7, 11) is 0. The molecule has 0 bridgehead atoms. The van der Waals surface area contributed by atoms with Gasteiger partial charge in [0.2, 0.25) is 5.91 Å². The number of fused-ring (bicyclic) bond motifs is 1. The Balaban J connectivity index is 1.30. The summed E-state index contributed by atoms with van der Waals surface area (Å²) in [5.74, 6) is -3.80. The Morgan fingerprint density at radius 2 is 1.69 bits per heavy atom. The molecule has 5 rings (SSSR count). The Bertz CT molecular complexity index is 1410. The second-order valence-electron chi connectivity index (χ2n) is 9.31. The number of carbonyl (C=O) groups excluding carboxylic acids is 2. The molecule has 1 aliphatic carbocycles. The Morgan fingerprint density at radius 1 is 1.03 bits per heavy atom. The SMILES string of the molecule is O=C(O)C(C(=O)N1CCN(C(=O)c2cc(Cc3n[nH]c(=O)c4ccccc34)ccc2F)CC1)C1CC1. The second-order valence-corrected chi connectivity index (χ2v) is 9.31. The van der Waals surface area contributed by atoms with Gasteiger partial charge in [-0.1, -0.05) is 24.3 Å². The third-order valence-corrected chi connectivity index (χ3v) is 6.91. The molecule has 1 saturated heterocycles. The number of carboxylic acids is 1. The van der Waals surface area contributed by atoms with Crippen LogP contribution < -0.4 is 5.56 Å². The number of halogens is 1. The lowest BCUT2D eigenvalue weighted by Crippen LogP contribution is -2.53. The monoisotopic (exact) mass is 492 g/mol. The summed E-state index contributed by atoms with van der Waals surface area (Å²) in [4.78, 5) is 52.4. The third-order valence-electron chi connectivity index (χ3n) is 6.91. The Morgan fingerprint density at radius 3 is 2.36 bits per heavy atom. The van der Waals surface area contributed by atoms with E-state index in [0.29, 0.717) is 22.0 Å². The molecule has 2 N–H and O–H groups in total. The number of aliphatic carboxylic acids is 1. The second kappa shape index (κ2) is 9.52. The fraction of sp³-hybridized carbons (Fsp3) is 0.346. The normalized spacial score (nSPS) is 16.7. The number of carbonyl (C=O) groups is 3. The van der Waals surface area contributed by atoms with Crippen molar-refractivity contribution in [3.05, 3.63) is 75.5 Å². The zero-order valence-corrected chi connectivity index (χ0v) is 19.4. The minimum Gasteiger partial charge on any atom is -0.481 e. The largest absolute Gasteiger partial charge is 0.481 e. The summed E-state index contributed by atoms with van der Waals surface area (Å²) in [6, 6.07) is 11.4. The highest BCUT2D eigenvalue weighted by Crippen LogP contribution is 2.38. The number of H-pyrrole nitrogens is 1. The maximum atomic E-state index is 14.7. The molecule has 1 atom stereocenters. The van der Waals surface area contributed by atoms with Gasteiger partial charge in [-0.3, -0.25) is 19.2 Å². The van der Waals surface area contributed by atoms with E-state index in [1.165, 1.54) is 21.9 Å². The molecule has 2 aromatic carbocycles. The van der Waals surface area contributed by atoms with Gasteiger partial charge in [0.05, 0.1) is 16.6 Å². The van der Waals surface area contributed by atoms with E-state index in [1.807, 2.05) is 0 Å². The lowest BCUT2D eigenvalue weighted by atomic mass is 10.0. The zero-order valence-electron chi connectivity index (χ0n) is 19.4. The van der Waals surface area contributed by atoms with Crippen molar-refractivity contribution in [1.29, 1.82) is 0 Å². The standard InChI is InChI=1S/C26H25FN4O5/c27-20-8-5-15(14-21-17-3-1-2-4-18(17)23(32)29-28-21)13-19(20)24(33)30-9-11-31(12-10-30)25(34)22(26(35)36)16-6-7-16/h1-5,8,13,16,22H,6-7,9-12,14H2,(H,29,32)(H,35,36). The van der Waals surface area contributed by atoms with Gasteiger partial charge < -0.3 is 14.9 Å². The molecule has 2 aliphatic rings. The average molecular weight is 493 g/mol. The van der Waals surface area contributed by atoms with Crippen LogP contribution in [0.25, 0.3) is 10.8 Å². The maximum Gasteiger partial charge on any atom is 0.316 e. The predicted molar refractivity (Wildman–Crippen MR) is 128 cm³/mol. The van der Waals surface area contributed by atoms with Crippen molar-refractivity contribution in [1.82, 2.24) is 20.0 Å². The molecule has 10 heteroatoms. The minimum absolute atomic E-state index is 0.0811. The minimum atomic E-state index is -1.11. The Kier molecular flexibility index (Phi) is 6.26. The van der Waals surface area contributed by atoms with E-state index in [4.69, 9.17) is 0 Å². The van der Waals surface area contributed by atoms with Crippen LogP contribution in [-0.4, -0.2) is 69.1 Å². The van der Waals surface area contributed by atoms with Crippen LogP contribution in [0.4, 0.5) is 4.39 Å². The van der Waals surface area contributed by atoms with Crippen LogP contribution in [0.2, 0.25) is 0 Å². The van der Waals surface area contributed by atoms with Gasteiger partial charge in [-0.05, 0) is 42.5 Å². The van der Waals surface area contributed by atoms with E-state index < -0.39 is 29.5 Å². The molecule has 0 spiro atoms. The number of hydrogen-bond acceptors (Lipinski definition) is 5. The number of rotatable bonds is 6. The van der Waals surface area contributed by atoms with Gasteiger partial charge in [-0.15, -0.1) is 0 Å². The third kappa shape index (κ3) is 4.58. The topological polar surface area (TPSA) is 124 Å². The van der Waals surface area contributed by atoms with E-state index >= 15 is 0 Å². The van der Waals surface area contributed by atoms with Gasteiger partial charge in [0.25, 0.3) is 11.5 Å². The van der Waals surface area contributed by atoms with E-state index in [-0.39, 0.29) is 49.6 Å². The number of piperazine rings is 1. The van der Waals surface area contributed by atoms with Gasteiger partial charge in [-0.2, -0.15) is 5.10 Å². The van der Waals surface area contributed by atoms with E-state index in [2.05, 4.69) is 10.2 Å². The number of aromatic nitrogens is 2. The van der Waals surface area contributed by atoms with Crippen LogP contribution in [-0.2, 0) is 16.0 Å². The average Bonchev–Trinajstić information content (AvgIpc) is 3.71. The molecule has 1 aromatic heterocycles. The molecule has 186 valence electrons. The number of hydrogen-bond donors (Lipinski definition) is 2. The summed E-state index contributed by atoms with van der Waals surface area (Å²) < 4.78 is 14.7. The van der Waals surface area contributed by atoms with Crippen LogP contribution in [0.3, 0.4) is 0 Å². The maximum absolute atomic E-state index is 14.7. The molecular formula is C26H25FN4O5. The predicted octanol–water partition coefficient (Wildman–Crippen LogP) is 2.05. The molecule has 1 aliphatic heterocycles. The van der Waals surface area contributed by atoms with E-state index in [0.717, 1.165) is 12.8 Å². The smallest absolute Gasteiger partial charge is 0.316 e. The zero-order chi connectivity index (χ0) is 25.4. The van der Waals surface area contributed by atoms with Crippen LogP contribution in [0.5, 0.6) is 0 Å². The first-order valence-electron chi connectivity index (χ1n) is 11.9. The highest BCUT2D eigenvalue weighted by Gasteiger charge is 2.43. The Hall–Kier alpha value is -4.08. The first kappa shape index (κ1) is 23.7. The van der Waals surface area contributed by atoms with Gasteiger partial charge in [0.15, 0.2) is 0 Å². The van der Waals surface area contributed by atoms with Gasteiger partial charge in [-0.25, -0.2) is 9.49 Å². The highest BCUT2D eigenvalue weighted by molar-refractivity contribution is 5.98. The molecule has 2 heterocycles. The van der Waals surface area contributed by atoms with Gasteiger partial charge >= 0.3 is 5.97 Å². The van der Waals surface area contributed by atoms with E-state index in [9.17, 15) is 28.7 Å². The molecule has 1 unspecified atom stereocenters. The summed E-state index contributed by atoms with van der Waals surface area (Å²) in [5, 5.41) is 17.2. The van der Waals surface area contributed by atoms with Crippen molar-refractivity contribution in [3.8, 4) is 0 Å². The molecule has 9 nitrogen and oxygen atoms in total. The molecular weight excluding hydrogens is 467 g/mol. The summed E-state index contributed by atoms with van der Waals surface area (Å²) in [6.45, 7) is 0.792. The lowest BCUT2D eigenvalue weighted by Gasteiger charge is -2.36. The fourth-order valence-corrected chi connectivity index (χ4v) is 4.78. The van der Waals surface area contributed by atoms with Crippen molar-refractivity contribution >= 4 is 28.6 Å². The van der Waals surface area contributed by atoms with Crippen LogP contribution in [0, 0.1) is 17.7 Å². The molecule has 0 radical (unpaired) electrons. The number of benzene rings is 2. The van der Waals surface area contributed by atoms with Crippen molar-refractivity contribution in [2.24, 2.45) is 11.8 Å². The highest BCUT2D eigenvalue weighted by atomic mass is 19.1. The van der Waals surface area contributed by atoms with Crippen LogP contribution in [0.15, 0.2) is 47.3 Å². The first-order chi connectivity index (χ1) is 17.3. The van der Waals surface area contributed by atoms with Crippen LogP contribution >= 0.6 is 0 Å². The van der Waals surface area contributed by atoms with E-state index in [1.54, 1.807) is 30.3 Å². The number of aromatic amines is 1. The van der Waals surface area contributed by atoms with Crippen LogP contribution in [0.1, 0.15) is 34.5 Å². The molecule has 2 amide bonds. The number of nitrogens with zero attached hydrogens (tertiary/aromatic N) is 3. The number of carboxylic acid groups (broad SMARTS) is 1. The molecule has 2 fully saturated rings. The summed E-state index contributed by atoms with van der Waals surface area (Å²) in [6.07, 6.45) is 1.76. The molecule has 36 heavy (non-hydrogen) atoms. The summed E-state index contributed by atoms with van der Waals surface area (Å²) >= 11 is 0. The lowest BCUT2D eigenvalue weighted by molar-refractivity contribution is -0.152. The van der Waals surface area contributed by atoms with Crippen molar-refractivity contribution < 1.29 is 23.9 Å². The Labute approximate surface area is 205 Å². The first-order valence-corrected chi connectivity index (χ1v) is 11.9. The van der Waals surface area contributed by atoms with Gasteiger partial charge in [0, 0.05) is 38.0 Å². The van der Waals surface area contributed by atoms with Crippen molar-refractivity contribution in [2.45, 2.75) is 19.3 Å². The summed E-state index contributed by atoms with van der Waals surface area (Å²) in [5.41, 5.74) is 0.883. The van der Waals surface area contributed by atoms with Crippen molar-refractivity contribution in [2.75, 3.05) is 26.2 Å². The molecule has 3 aromatic rings. The van der Waals surface area contributed by atoms with Gasteiger partial charge in [0.1, 0.15) is 11.7 Å². The molecule has 1 saturated carbocycles. The number of nitrogens with one attached hydrogen (secondary N) is 1. The number of amides is 2. The fourth-order valence-electron chi connectivity index (χ4n) is 4.78. The van der Waals surface area contributed by atoms with Crippen molar-refractivity contribution in [3.63, 3.8) is 0 Å².